The molecule has 102 valence electrons. The summed E-state index contributed by atoms with van der Waals surface area (Å²) in [4.78, 5) is 10.3. The summed E-state index contributed by atoms with van der Waals surface area (Å²) in [6.07, 6.45) is -9.96. The van der Waals surface area contributed by atoms with Crippen LogP contribution in [0.4, 0.5) is 13.2 Å². The van der Waals surface area contributed by atoms with E-state index in [1.165, 1.54) is 5.32 Å². The van der Waals surface area contributed by atoms with Crippen molar-refractivity contribution < 1.29 is 38.4 Å². The van der Waals surface area contributed by atoms with E-state index in [-0.39, 0.29) is 0 Å². The number of hydrogen-bond donors (Lipinski definition) is 5. The van der Waals surface area contributed by atoms with E-state index in [1.54, 1.807) is 0 Å². The Morgan fingerprint density at radius 2 is 1.71 bits per heavy atom. The van der Waals surface area contributed by atoms with Crippen molar-refractivity contribution in [2.75, 3.05) is 13.2 Å². The third kappa shape index (κ3) is 6.41. The molecule has 0 aromatic heterocycles. The van der Waals surface area contributed by atoms with Crippen LogP contribution in [-0.2, 0) is 4.79 Å². The predicted octanol–water partition coefficient (Wildman–Crippen LogP) is -1.87. The zero-order valence-electron chi connectivity index (χ0n) is 8.68. The van der Waals surface area contributed by atoms with Crippen molar-refractivity contribution in [3.63, 3.8) is 0 Å². The number of halogens is 3. The van der Waals surface area contributed by atoms with Gasteiger partial charge in [0.15, 0.2) is 0 Å². The number of hydrogen-bond acceptors (Lipinski definition) is 5. The molecule has 0 aliphatic heterocycles. The van der Waals surface area contributed by atoms with Gasteiger partial charge in [0.1, 0.15) is 6.10 Å². The number of alkyl halides is 3. The fourth-order valence-electron chi connectivity index (χ4n) is 0.952. The second kappa shape index (κ2) is 6.74. The molecule has 0 heterocycles. The van der Waals surface area contributed by atoms with Crippen molar-refractivity contribution in [3.05, 3.63) is 0 Å². The van der Waals surface area contributed by atoms with Gasteiger partial charge in [0.05, 0.1) is 18.8 Å². The SMILES string of the molecule is O=C(NC[C@H](O)C[C@H](O)[C@H](O)CO)C(F)(F)F. The smallest absolute Gasteiger partial charge is 0.394 e. The lowest BCUT2D eigenvalue weighted by Gasteiger charge is -2.19. The van der Waals surface area contributed by atoms with Gasteiger partial charge < -0.3 is 25.7 Å². The lowest BCUT2D eigenvalue weighted by Crippen LogP contribution is -2.42. The van der Waals surface area contributed by atoms with Crippen LogP contribution in [0.5, 0.6) is 0 Å². The van der Waals surface area contributed by atoms with Crippen LogP contribution in [0.2, 0.25) is 0 Å². The summed E-state index contributed by atoms with van der Waals surface area (Å²) >= 11 is 0. The van der Waals surface area contributed by atoms with Crippen LogP contribution in [0.25, 0.3) is 0 Å². The summed E-state index contributed by atoms with van der Waals surface area (Å²) < 4.78 is 35.2. The molecule has 0 radical (unpaired) electrons. The Labute approximate surface area is 94.7 Å². The number of carbonyl (C=O) groups excluding carboxylic acids is 1. The zero-order chi connectivity index (χ0) is 13.6. The van der Waals surface area contributed by atoms with Crippen molar-refractivity contribution >= 4 is 5.91 Å². The average molecular weight is 261 g/mol. The van der Waals surface area contributed by atoms with Gasteiger partial charge in [0.2, 0.25) is 0 Å². The van der Waals surface area contributed by atoms with Gasteiger partial charge in [-0.1, -0.05) is 0 Å². The fourth-order valence-corrected chi connectivity index (χ4v) is 0.952. The minimum Gasteiger partial charge on any atom is -0.394 e. The second-order valence-corrected chi connectivity index (χ2v) is 3.41. The molecule has 0 aliphatic rings. The Hall–Kier alpha value is -0.900. The van der Waals surface area contributed by atoms with Gasteiger partial charge in [0, 0.05) is 13.0 Å². The van der Waals surface area contributed by atoms with Gasteiger partial charge in [-0.2, -0.15) is 13.2 Å². The topological polar surface area (TPSA) is 110 Å². The molecular weight excluding hydrogens is 247 g/mol. The molecule has 0 fully saturated rings. The number of rotatable bonds is 6. The largest absolute Gasteiger partial charge is 0.471 e. The summed E-state index contributed by atoms with van der Waals surface area (Å²) in [6, 6.07) is 0. The molecule has 17 heavy (non-hydrogen) atoms. The van der Waals surface area contributed by atoms with Gasteiger partial charge >= 0.3 is 12.1 Å². The van der Waals surface area contributed by atoms with Crippen LogP contribution in [0.15, 0.2) is 0 Å². The standard InChI is InChI=1S/C8H14F3NO5/c9-8(10,11)7(17)12-2-4(14)1-5(15)6(16)3-13/h4-6,13-16H,1-3H2,(H,12,17)/t4-,5+,6-/m1/s1. The highest BCUT2D eigenvalue weighted by molar-refractivity contribution is 5.81. The quantitative estimate of drug-likeness (QED) is 0.385. The van der Waals surface area contributed by atoms with Crippen LogP contribution >= 0.6 is 0 Å². The predicted molar refractivity (Wildman–Crippen MR) is 48.8 cm³/mol. The highest BCUT2D eigenvalue weighted by Gasteiger charge is 2.38. The molecule has 0 saturated carbocycles. The van der Waals surface area contributed by atoms with E-state index in [0.29, 0.717) is 0 Å². The molecule has 0 aromatic rings. The van der Waals surface area contributed by atoms with E-state index >= 15 is 0 Å². The van der Waals surface area contributed by atoms with Crippen LogP contribution in [0.1, 0.15) is 6.42 Å². The fraction of sp³-hybridized carbons (Fsp3) is 0.875. The third-order valence-corrected chi connectivity index (χ3v) is 1.90. The lowest BCUT2D eigenvalue weighted by atomic mass is 10.1. The van der Waals surface area contributed by atoms with Crippen molar-refractivity contribution in [3.8, 4) is 0 Å². The van der Waals surface area contributed by atoms with Crippen LogP contribution in [-0.4, -0.2) is 64.0 Å². The number of nitrogens with one attached hydrogen (secondary N) is 1. The first-order chi connectivity index (χ1) is 7.68. The Bertz CT molecular complexity index is 248. The van der Waals surface area contributed by atoms with E-state index < -0.39 is 50.0 Å². The molecule has 5 N–H and O–H groups in total. The molecule has 0 aliphatic carbocycles. The van der Waals surface area contributed by atoms with Gasteiger partial charge in [-0.25, -0.2) is 0 Å². The highest BCUT2D eigenvalue weighted by atomic mass is 19.4. The minimum atomic E-state index is -5.04. The van der Waals surface area contributed by atoms with E-state index in [9.17, 15) is 18.0 Å². The Morgan fingerprint density at radius 1 is 1.18 bits per heavy atom. The molecule has 0 spiro atoms. The number of carbonyl (C=O) groups is 1. The second-order valence-electron chi connectivity index (χ2n) is 3.41. The first kappa shape index (κ1) is 16.1. The van der Waals surface area contributed by atoms with Crippen LogP contribution in [0, 0.1) is 0 Å². The molecule has 0 aromatic carbocycles. The van der Waals surface area contributed by atoms with Crippen molar-refractivity contribution in [2.45, 2.75) is 30.9 Å². The third-order valence-electron chi connectivity index (χ3n) is 1.90. The Balaban J connectivity index is 3.96. The molecule has 0 rings (SSSR count). The highest BCUT2D eigenvalue weighted by Crippen LogP contribution is 2.14. The summed E-state index contributed by atoms with van der Waals surface area (Å²) in [7, 11) is 0. The van der Waals surface area contributed by atoms with E-state index in [0.717, 1.165) is 0 Å². The van der Waals surface area contributed by atoms with Gasteiger partial charge in [-0.05, 0) is 0 Å². The molecule has 1 amide bonds. The van der Waals surface area contributed by atoms with Crippen molar-refractivity contribution in [2.24, 2.45) is 0 Å². The van der Waals surface area contributed by atoms with E-state index in [1.807, 2.05) is 0 Å². The Kier molecular flexibility index (Phi) is 6.39. The monoisotopic (exact) mass is 261 g/mol. The van der Waals surface area contributed by atoms with Crippen LogP contribution in [0.3, 0.4) is 0 Å². The van der Waals surface area contributed by atoms with Gasteiger partial charge in [0.25, 0.3) is 0 Å². The molecule has 0 bridgehead atoms. The van der Waals surface area contributed by atoms with Crippen molar-refractivity contribution in [1.29, 1.82) is 0 Å². The van der Waals surface area contributed by atoms with E-state index in [2.05, 4.69) is 0 Å². The van der Waals surface area contributed by atoms with Gasteiger partial charge in [-0.15, -0.1) is 0 Å². The summed E-state index contributed by atoms with van der Waals surface area (Å²) in [5, 5.41) is 37.0. The minimum absolute atomic E-state index is 0.472. The number of amides is 1. The van der Waals surface area contributed by atoms with Crippen LogP contribution < -0.4 is 5.32 Å². The maximum atomic E-state index is 11.7. The Morgan fingerprint density at radius 3 is 2.12 bits per heavy atom. The summed E-state index contributed by atoms with van der Waals surface area (Å²) in [5.74, 6) is -2.20. The normalized spacial score (nSPS) is 17.4. The van der Waals surface area contributed by atoms with Crippen molar-refractivity contribution in [1.82, 2.24) is 5.32 Å². The number of aliphatic hydroxyl groups is 4. The molecule has 9 heteroatoms. The first-order valence-electron chi connectivity index (χ1n) is 4.68. The molecule has 3 atom stereocenters. The molecular formula is C8H14F3NO5. The number of aliphatic hydroxyl groups excluding tert-OH is 4. The maximum Gasteiger partial charge on any atom is 0.471 e. The van der Waals surface area contributed by atoms with E-state index in [4.69, 9.17) is 20.4 Å². The summed E-state index contributed by atoms with van der Waals surface area (Å²) in [6.45, 7) is -1.46. The van der Waals surface area contributed by atoms with Gasteiger partial charge in [-0.3, -0.25) is 4.79 Å². The zero-order valence-corrected chi connectivity index (χ0v) is 8.68. The maximum absolute atomic E-state index is 11.7. The summed E-state index contributed by atoms with van der Waals surface area (Å²) in [5.41, 5.74) is 0. The molecule has 0 saturated heterocycles. The average Bonchev–Trinajstić information content (AvgIpc) is 2.23. The molecule has 0 unspecified atom stereocenters. The molecule has 6 nitrogen and oxygen atoms in total. The first-order valence-corrected chi connectivity index (χ1v) is 4.68. The lowest BCUT2D eigenvalue weighted by molar-refractivity contribution is -0.174.